The van der Waals surface area contributed by atoms with E-state index >= 15 is 0 Å². The highest BCUT2D eigenvalue weighted by Crippen LogP contribution is 2.17. The highest BCUT2D eigenvalue weighted by molar-refractivity contribution is 8.14. The zero-order valence-electron chi connectivity index (χ0n) is 8.05. The van der Waals surface area contributed by atoms with Gasteiger partial charge in [-0.2, -0.15) is 0 Å². The van der Waals surface area contributed by atoms with E-state index in [2.05, 4.69) is 27.5 Å². The lowest BCUT2D eigenvalue weighted by atomic mass is 10.5. The second-order valence-corrected chi connectivity index (χ2v) is 4.59. The Morgan fingerprint density at radius 2 is 2.64 bits per heavy atom. The molecular weight excluding hydrogens is 198 g/mol. The average molecular weight is 211 g/mol. The molecule has 1 aliphatic heterocycles. The summed E-state index contributed by atoms with van der Waals surface area (Å²) in [4.78, 5) is 4.36. The minimum Gasteiger partial charge on any atom is -0.363 e. The van der Waals surface area contributed by atoms with Crippen molar-refractivity contribution in [2.45, 2.75) is 18.7 Å². The number of thioether (sulfide) groups is 1. The van der Waals surface area contributed by atoms with Gasteiger partial charge in [0.25, 0.3) is 0 Å². The molecule has 2 heterocycles. The summed E-state index contributed by atoms with van der Waals surface area (Å²) >= 11 is 1.80. The lowest BCUT2D eigenvalue weighted by Crippen LogP contribution is -2.24. The van der Waals surface area contributed by atoms with Crippen LogP contribution in [-0.2, 0) is 6.54 Å². The van der Waals surface area contributed by atoms with Crippen LogP contribution < -0.4 is 5.32 Å². The van der Waals surface area contributed by atoms with Gasteiger partial charge in [-0.3, -0.25) is 9.67 Å². The Labute approximate surface area is 87.0 Å². The normalized spacial score (nSPS) is 20.9. The monoisotopic (exact) mass is 211 g/mol. The third-order valence-electron chi connectivity index (χ3n) is 1.89. The number of hydrogen-bond donors (Lipinski definition) is 1. The van der Waals surface area contributed by atoms with Crippen LogP contribution in [0.2, 0.25) is 0 Å². The Kier molecular flexibility index (Phi) is 3.03. The van der Waals surface area contributed by atoms with Gasteiger partial charge in [0.2, 0.25) is 0 Å². The van der Waals surface area contributed by atoms with Crippen LogP contribution in [0.15, 0.2) is 17.4 Å². The topological polar surface area (TPSA) is 55.1 Å². The molecule has 1 aromatic rings. The Hall–Kier alpha value is -1.04. The molecule has 5 nitrogen and oxygen atoms in total. The minimum atomic E-state index is 0.615. The first-order valence-corrected chi connectivity index (χ1v) is 5.51. The molecule has 14 heavy (non-hydrogen) atoms. The number of nitrogens with zero attached hydrogens (tertiary/aromatic N) is 4. The standard InChI is InChI=1S/C8H13N5S/c1-7-6-10-8(14-7)9-2-4-13-5-3-11-12-13/h3,5,7H,2,4,6H2,1H3,(H,9,10). The van der Waals surface area contributed by atoms with Gasteiger partial charge in [0.1, 0.15) is 0 Å². The molecule has 0 aliphatic carbocycles. The van der Waals surface area contributed by atoms with Crippen LogP contribution in [0.5, 0.6) is 0 Å². The quantitative estimate of drug-likeness (QED) is 0.784. The maximum absolute atomic E-state index is 4.36. The predicted octanol–water partition coefficient (Wildman–Crippen LogP) is 0.359. The Balaban J connectivity index is 1.69. The minimum absolute atomic E-state index is 0.615. The smallest absolute Gasteiger partial charge is 0.156 e. The van der Waals surface area contributed by atoms with E-state index in [1.54, 1.807) is 22.6 Å². The molecule has 0 aromatic carbocycles. The van der Waals surface area contributed by atoms with Gasteiger partial charge in [0.05, 0.1) is 19.3 Å². The number of nitrogens with one attached hydrogen (secondary N) is 1. The number of aromatic nitrogens is 3. The Bertz CT molecular complexity index is 308. The first kappa shape index (κ1) is 9.51. The van der Waals surface area contributed by atoms with Crippen molar-refractivity contribution in [3.8, 4) is 0 Å². The van der Waals surface area contributed by atoms with Crippen molar-refractivity contribution in [3.63, 3.8) is 0 Å². The number of hydrogen-bond acceptors (Lipinski definition) is 5. The molecule has 0 amide bonds. The molecule has 0 saturated heterocycles. The van der Waals surface area contributed by atoms with E-state index in [4.69, 9.17) is 0 Å². The second-order valence-electron chi connectivity index (χ2n) is 3.17. The van der Waals surface area contributed by atoms with Crippen LogP contribution in [0, 0.1) is 0 Å². The van der Waals surface area contributed by atoms with Crippen molar-refractivity contribution >= 4 is 16.9 Å². The lowest BCUT2D eigenvalue weighted by Gasteiger charge is -2.05. The van der Waals surface area contributed by atoms with Crippen molar-refractivity contribution in [2.24, 2.45) is 4.99 Å². The van der Waals surface area contributed by atoms with Gasteiger partial charge in [0.15, 0.2) is 5.17 Å². The molecule has 0 fully saturated rings. The molecule has 1 N–H and O–H groups in total. The summed E-state index contributed by atoms with van der Waals surface area (Å²) in [6.45, 7) is 4.78. The van der Waals surface area contributed by atoms with Crippen LogP contribution in [0.1, 0.15) is 6.92 Å². The third kappa shape index (κ3) is 2.47. The van der Waals surface area contributed by atoms with Crippen LogP contribution in [0.4, 0.5) is 0 Å². The van der Waals surface area contributed by atoms with Crippen LogP contribution in [-0.4, -0.2) is 38.5 Å². The van der Waals surface area contributed by atoms with Gasteiger partial charge >= 0.3 is 0 Å². The second kappa shape index (κ2) is 4.45. The summed E-state index contributed by atoms with van der Waals surface area (Å²) in [7, 11) is 0. The summed E-state index contributed by atoms with van der Waals surface area (Å²) in [6, 6.07) is 0. The van der Waals surface area contributed by atoms with E-state index in [-0.39, 0.29) is 0 Å². The maximum atomic E-state index is 4.36. The van der Waals surface area contributed by atoms with E-state index in [0.29, 0.717) is 5.25 Å². The molecule has 0 spiro atoms. The predicted molar refractivity (Wildman–Crippen MR) is 57.4 cm³/mol. The third-order valence-corrected chi connectivity index (χ3v) is 2.94. The van der Waals surface area contributed by atoms with Gasteiger partial charge in [0, 0.05) is 18.0 Å². The molecule has 6 heteroatoms. The van der Waals surface area contributed by atoms with Crippen LogP contribution >= 0.6 is 11.8 Å². The maximum Gasteiger partial charge on any atom is 0.156 e. The van der Waals surface area contributed by atoms with Crippen molar-refractivity contribution in [1.29, 1.82) is 0 Å². The lowest BCUT2D eigenvalue weighted by molar-refractivity contribution is 0.581. The SMILES string of the molecule is CC1CN=C(NCCn2ccnn2)S1. The van der Waals surface area contributed by atoms with Gasteiger partial charge in [-0.25, -0.2) is 0 Å². The van der Waals surface area contributed by atoms with Crippen molar-refractivity contribution < 1.29 is 0 Å². The van der Waals surface area contributed by atoms with Gasteiger partial charge < -0.3 is 5.32 Å². The average Bonchev–Trinajstić information content (AvgIpc) is 2.77. The number of rotatable bonds is 3. The fraction of sp³-hybridized carbons (Fsp3) is 0.625. The molecule has 2 rings (SSSR count). The largest absolute Gasteiger partial charge is 0.363 e. The molecule has 76 valence electrons. The summed E-state index contributed by atoms with van der Waals surface area (Å²) in [6.07, 6.45) is 3.54. The molecule has 0 saturated carbocycles. The highest BCUT2D eigenvalue weighted by atomic mass is 32.2. The van der Waals surface area contributed by atoms with Gasteiger partial charge in [-0.15, -0.1) is 5.10 Å². The molecule has 1 aromatic heterocycles. The summed E-state index contributed by atoms with van der Waals surface area (Å²) in [5.41, 5.74) is 0. The van der Waals surface area contributed by atoms with Gasteiger partial charge in [-0.05, 0) is 0 Å². The van der Waals surface area contributed by atoms with E-state index in [1.807, 2.05) is 6.20 Å². The first-order chi connectivity index (χ1) is 6.84. The van der Waals surface area contributed by atoms with Gasteiger partial charge in [-0.1, -0.05) is 23.9 Å². The van der Waals surface area contributed by atoms with E-state index in [9.17, 15) is 0 Å². The molecule has 1 aliphatic rings. The molecule has 1 atom stereocenters. The summed E-state index contributed by atoms with van der Waals surface area (Å²) in [5.74, 6) is 0. The van der Waals surface area contributed by atoms with Crippen LogP contribution in [0.3, 0.4) is 0 Å². The Morgan fingerprint density at radius 3 is 3.29 bits per heavy atom. The zero-order chi connectivity index (χ0) is 9.80. The summed E-state index contributed by atoms with van der Waals surface area (Å²) in [5, 5.41) is 12.6. The van der Waals surface area contributed by atoms with Crippen LogP contribution in [0.25, 0.3) is 0 Å². The van der Waals surface area contributed by atoms with Crippen molar-refractivity contribution in [2.75, 3.05) is 13.1 Å². The molecular formula is C8H13N5S. The van der Waals surface area contributed by atoms with Crippen molar-refractivity contribution in [3.05, 3.63) is 12.4 Å². The fourth-order valence-electron chi connectivity index (χ4n) is 1.20. The molecule has 1 unspecified atom stereocenters. The fourth-order valence-corrected chi connectivity index (χ4v) is 2.07. The zero-order valence-corrected chi connectivity index (χ0v) is 8.87. The van der Waals surface area contributed by atoms with E-state index in [0.717, 1.165) is 24.8 Å². The summed E-state index contributed by atoms with van der Waals surface area (Å²) < 4.78 is 1.80. The first-order valence-electron chi connectivity index (χ1n) is 4.63. The molecule has 0 bridgehead atoms. The highest BCUT2D eigenvalue weighted by Gasteiger charge is 2.13. The number of amidine groups is 1. The molecule has 0 radical (unpaired) electrons. The number of aliphatic imine (C=N–C) groups is 1. The van der Waals surface area contributed by atoms with E-state index in [1.165, 1.54) is 0 Å². The van der Waals surface area contributed by atoms with E-state index < -0.39 is 0 Å². The Morgan fingerprint density at radius 1 is 1.71 bits per heavy atom. The van der Waals surface area contributed by atoms with Crippen molar-refractivity contribution in [1.82, 2.24) is 20.3 Å².